The molecule has 2 heterocycles. The number of carbonyl (C=O) groups is 1. The zero-order valence-electron chi connectivity index (χ0n) is 20.6. The van der Waals surface area contributed by atoms with Crippen molar-refractivity contribution in [1.29, 1.82) is 0 Å². The summed E-state index contributed by atoms with van der Waals surface area (Å²) in [5, 5.41) is 2.79. The fourth-order valence-electron chi connectivity index (χ4n) is 4.39. The maximum atomic E-state index is 13.2. The second-order valence-corrected chi connectivity index (χ2v) is 8.62. The number of benzene rings is 2. The van der Waals surface area contributed by atoms with Crippen molar-refractivity contribution in [3.63, 3.8) is 0 Å². The average Bonchev–Trinajstić information content (AvgIpc) is 2.87. The van der Waals surface area contributed by atoms with Gasteiger partial charge in [-0.25, -0.2) is 9.59 Å². The van der Waals surface area contributed by atoms with Gasteiger partial charge in [0.25, 0.3) is 5.56 Å². The molecule has 4 N–H and O–H groups in total. The van der Waals surface area contributed by atoms with Crippen molar-refractivity contribution in [3.8, 4) is 11.5 Å². The molecule has 0 spiro atoms. The molecule has 36 heavy (non-hydrogen) atoms. The minimum absolute atomic E-state index is 0.255. The van der Waals surface area contributed by atoms with Crippen molar-refractivity contribution in [1.82, 2.24) is 14.5 Å². The fraction of sp³-hybridized carbons (Fsp3) is 0.400. The Hall–Kier alpha value is -3.99. The first-order valence-electron chi connectivity index (χ1n) is 12.0. The Labute approximate surface area is 208 Å². The average molecular weight is 497 g/mol. The fourth-order valence-corrected chi connectivity index (χ4v) is 4.39. The molecular formula is C25H32N6O5. The monoisotopic (exact) mass is 496 g/mol. The Morgan fingerprint density at radius 1 is 1.08 bits per heavy atom. The van der Waals surface area contributed by atoms with Crippen LogP contribution < -0.4 is 36.7 Å². The van der Waals surface area contributed by atoms with E-state index in [4.69, 9.17) is 15.2 Å². The van der Waals surface area contributed by atoms with Crippen LogP contribution in [-0.2, 0) is 6.54 Å². The summed E-state index contributed by atoms with van der Waals surface area (Å²) in [7, 11) is 1.67. The number of aromatic nitrogens is 2. The van der Waals surface area contributed by atoms with Crippen molar-refractivity contribution in [3.05, 3.63) is 57.2 Å². The predicted octanol–water partition coefficient (Wildman–Crippen LogP) is 1.80. The van der Waals surface area contributed by atoms with Gasteiger partial charge in [-0.2, -0.15) is 0 Å². The van der Waals surface area contributed by atoms with E-state index in [9.17, 15) is 14.4 Å². The molecule has 0 unspecified atom stereocenters. The maximum absolute atomic E-state index is 13.2. The lowest BCUT2D eigenvalue weighted by Gasteiger charge is -2.36. The summed E-state index contributed by atoms with van der Waals surface area (Å²) in [4.78, 5) is 44.6. The number of piperazine rings is 1. The molecule has 1 aromatic heterocycles. The van der Waals surface area contributed by atoms with Crippen molar-refractivity contribution >= 4 is 28.3 Å². The van der Waals surface area contributed by atoms with Crippen LogP contribution in [0.2, 0.25) is 0 Å². The molecule has 4 rings (SSSR count). The van der Waals surface area contributed by atoms with Crippen LogP contribution in [0.15, 0.2) is 46.0 Å². The van der Waals surface area contributed by atoms with Crippen molar-refractivity contribution in [2.24, 2.45) is 5.73 Å². The smallest absolute Gasteiger partial charge is 0.328 e. The highest BCUT2D eigenvalue weighted by molar-refractivity contribution is 5.94. The molecular weight excluding hydrogens is 464 g/mol. The SMILES string of the molecule is CCCOc1cc2c(=O)n(CCN3CCN(c4ccccc4OC)CC3)c(=O)[nH]c2cc1NC(N)=O. The van der Waals surface area contributed by atoms with E-state index < -0.39 is 17.3 Å². The number of aromatic amines is 1. The van der Waals surface area contributed by atoms with Crippen LogP contribution >= 0.6 is 0 Å². The lowest BCUT2D eigenvalue weighted by atomic mass is 10.2. The van der Waals surface area contributed by atoms with Gasteiger partial charge in [-0.1, -0.05) is 19.1 Å². The van der Waals surface area contributed by atoms with Crippen LogP contribution in [0.5, 0.6) is 11.5 Å². The Bertz CT molecular complexity index is 1340. The van der Waals surface area contributed by atoms with Crippen molar-refractivity contribution < 1.29 is 14.3 Å². The number of rotatable bonds is 9. The highest BCUT2D eigenvalue weighted by atomic mass is 16.5. The number of H-pyrrole nitrogens is 1. The second kappa shape index (κ2) is 11.2. The van der Waals surface area contributed by atoms with E-state index in [0.29, 0.717) is 35.5 Å². The molecule has 1 saturated heterocycles. The van der Waals surface area contributed by atoms with E-state index in [1.165, 1.54) is 16.7 Å². The number of ether oxygens (including phenoxy) is 2. The Balaban J connectivity index is 1.49. The van der Waals surface area contributed by atoms with E-state index >= 15 is 0 Å². The van der Waals surface area contributed by atoms with Gasteiger partial charge in [-0.3, -0.25) is 14.3 Å². The first-order chi connectivity index (χ1) is 17.4. The highest BCUT2D eigenvalue weighted by Gasteiger charge is 2.20. The van der Waals surface area contributed by atoms with Crippen LogP contribution in [-0.4, -0.2) is 66.9 Å². The van der Waals surface area contributed by atoms with Crippen LogP contribution in [0.3, 0.4) is 0 Å². The summed E-state index contributed by atoms with van der Waals surface area (Å²) < 4.78 is 12.4. The van der Waals surface area contributed by atoms with Crippen LogP contribution in [0.25, 0.3) is 10.9 Å². The number of nitrogens with two attached hydrogens (primary N) is 1. The molecule has 192 valence electrons. The molecule has 0 bridgehead atoms. The first kappa shape index (κ1) is 25.1. The maximum Gasteiger partial charge on any atom is 0.328 e. The third-order valence-electron chi connectivity index (χ3n) is 6.24. The number of primary amides is 1. The molecule has 11 heteroatoms. The van der Waals surface area contributed by atoms with Crippen LogP contribution in [0.4, 0.5) is 16.2 Å². The number of hydrogen-bond acceptors (Lipinski definition) is 7. The number of carbonyl (C=O) groups excluding carboxylic acids is 1. The predicted molar refractivity (Wildman–Crippen MR) is 139 cm³/mol. The van der Waals surface area contributed by atoms with Gasteiger partial charge >= 0.3 is 11.7 Å². The van der Waals surface area contributed by atoms with Gasteiger partial charge in [0.2, 0.25) is 0 Å². The molecule has 3 aromatic rings. The minimum atomic E-state index is -0.766. The normalized spacial score (nSPS) is 14.1. The van der Waals surface area contributed by atoms with Crippen LogP contribution in [0.1, 0.15) is 13.3 Å². The lowest BCUT2D eigenvalue weighted by molar-refractivity contribution is 0.245. The van der Waals surface area contributed by atoms with E-state index in [1.807, 2.05) is 31.2 Å². The summed E-state index contributed by atoms with van der Waals surface area (Å²) in [6, 6.07) is 10.2. The van der Waals surface area contributed by atoms with Crippen molar-refractivity contribution in [2.75, 3.05) is 56.7 Å². The van der Waals surface area contributed by atoms with E-state index in [0.717, 1.165) is 44.0 Å². The van der Waals surface area contributed by atoms with Gasteiger partial charge in [-0.05, 0) is 30.7 Å². The van der Waals surface area contributed by atoms with E-state index in [2.05, 4.69) is 20.1 Å². The molecule has 0 aliphatic carbocycles. The number of urea groups is 1. The Morgan fingerprint density at radius 2 is 1.83 bits per heavy atom. The molecule has 2 amide bonds. The largest absolute Gasteiger partial charge is 0.495 e. The number of amides is 2. The lowest BCUT2D eigenvalue weighted by Crippen LogP contribution is -2.48. The van der Waals surface area contributed by atoms with Crippen molar-refractivity contribution in [2.45, 2.75) is 19.9 Å². The molecule has 1 aliphatic heterocycles. The molecule has 2 aromatic carbocycles. The second-order valence-electron chi connectivity index (χ2n) is 8.62. The molecule has 1 aliphatic rings. The van der Waals surface area contributed by atoms with Gasteiger partial charge in [0.15, 0.2) is 0 Å². The number of nitrogens with zero attached hydrogens (tertiary/aromatic N) is 3. The number of fused-ring (bicyclic) bond motifs is 1. The van der Waals surface area contributed by atoms with Gasteiger partial charge in [0.1, 0.15) is 11.5 Å². The summed E-state index contributed by atoms with van der Waals surface area (Å²) in [5.41, 5.74) is 6.01. The van der Waals surface area contributed by atoms with Crippen LogP contribution in [0, 0.1) is 0 Å². The summed E-state index contributed by atoms with van der Waals surface area (Å²) in [6.07, 6.45) is 0.744. The van der Waals surface area contributed by atoms with Gasteiger partial charge in [-0.15, -0.1) is 0 Å². The standard InChI is InChI=1S/C25H32N6O5/c1-3-14-36-22-15-17-18(16-19(22)27-24(26)33)28-25(34)31(23(17)32)13-10-29-8-11-30(12-9-29)20-6-4-5-7-21(20)35-2/h4-7,15-16H,3,8-14H2,1-2H3,(H,28,34)(H3,26,27,33). The van der Waals surface area contributed by atoms with E-state index in [1.54, 1.807) is 7.11 Å². The Kier molecular flexibility index (Phi) is 7.79. The van der Waals surface area contributed by atoms with Gasteiger partial charge in [0.05, 0.1) is 36.0 Å². The summed E-state index contributed by atoms with van der Waals surface area (Å²) in [6.45, 7) is 6.40. The zero-order valence-corrected chi connectivity index (χ0v) is 20.6. The Morgan fingerprint density at radius 3 is 2.53 bits per heavy atom. The number of nitrogens with one attached hydrogen (secondary N) is 2. The summed E-state index contributed by atoms with van der Waals surface area (Å²) in [5.74, 6) is 1.17. The first-order valence-corrected chi connectivity index (χ1v) is 12.0. The topological polar surface area (TPSA) is 135 Å². The molecule has 1 fully saturated rings. The minimum Gasteiger partial charge on any atom is -0.495 e. The molecule has 0 saturated carbocycles. The highest BCUT2D eigenvalue weighted by Crippen LogP contribution is 2.29. The quantitative estimate of drug-likeness (QED) is 0.411. The molecule has 0 radical (unpaired) electrons. The van der Waals surface area contributed by atoms with E-state index in [-0.39, 0.29) is 6.54 Å². The molecule has 11 nitrogen and oxygen atoms in total. The summed E-state index contributed by atoms with van der Waals surface area (Å²) >= 11 is 0. The number of anilines is 2. The van der Waals surface area contributed by atoms with Gasteiger partial charge < -0.3 is 30.4 Å². The zero-order chi connectivity index (χ0) is 25.7. The number of methoxy groups -OCH3 is 1. The third-order valence-corrected chi connectivity index (χ3v) is 6.24. The molecule has 0 atom stereocenters. The third kappa shape index (κ3) is 5.46. The van der Waals surface area contributed by atoms with Gasteiger partial charge in [0, 0.05) is 39.3 Å². The number of hydrogen-bond donors (Lipinski definition) is 3. The number of para-hydroxylation sites is 2.